The molecule has 2 rings (SSSR count). The predicted octanol–water partition coefficient (Wildman–Crippen LogP) is -0.796. The van der Waals surface area contributed by atoms with E-state index in [0.717, 1.165) is 17.7 Å². The Morgan fingerprint density at radius 2 is 2.00 bits per heavy atom. The van der Waals surface area contributed by atoms with E-state index in [1.807, 2.05) is 0 Å². The molecule has 6 nitrogen and oxygen atoms in total. The molecule has 1 heterocycles. The van der Waals surface area contributed by atoms with Crippen LogP contribution in [0.3, 0.4) is 0 Å². The van der Waals surface area contributed by atoms with Crippen LogP contribution in [-0.4, -0.2) is 51.8 Å². The Balaban J connectivity index is 2.10. The first kappa shape index (κ1) is 11.3. The monoisotopic (exact) mass is 228 g/mol. The molecule has 1 atom stereocenters. The molecule has 1 unspecified atom stereocenters. The number of rotatable bonds is 3. The van der Waals surface area contributed by atoms with Crippen LogP contribution < -0.4 is 5.32 Å². The van der Waals surface area contributed by atoms with Crippen LogP contribution in [-0.2, 0) is 4.79 Å². The number of urea groups is 1. The number of hydrogen-bond donors (Lipinski definition) is 3. The Morgan fingerprint density at radius 1 is 1.38 bits per heavy atom. The van der Waals surface area contributed by atoms with Crippen molar-refractivity contribution < 1.29 is 19.8 Å². The molecule has 6 heteroatoms. The first-order chi connectivity index (χ1) is 7.59. The number of nitrogens with one attached hydrogen (secondary N) is 1. The quantitative estimate of drug-likeness (QED) is 0.552. The Hall–Kier alpha value is -1.14. The predicted molar refractivity (Wildman–Crippen MR) is 54.5 cm³/mol. The molecule has 1 spiro atoms. The van der Waals surface area contributed by atoms with Crippen LogP contribution in [0.4, 0.5) is 4.79 Å². The van der Waals surface area contributed by atoms with Gasteiger partial charge in [-0.2, -0.15) is 0 Å². The number of β-amino-alcohol motifs (C(OH)–C–C–N with tert-alkyl or cyclic N) is 1. The fourth-order valence-electron chi connectivity index (χ4n) is 2.43. The van der Waals surface area contributed by atoms with E-state index in [2.05, 4.69) is 5.32 Å². The molecule has 0 bridgehead atoms. The van der Waals surface area contributed by atoms with Gasteiger partial charge < -0.3 is 15.5 Å². The molecule has 2 fully saturated rings. The van der Waals surface area contributed by atoms with E-state index < -0.39 is 24.3 Å². The lowest BCUT2D eigenvalue weighted by molar-refractivity contribution is -0.132. The Bertz CT molecular complexity index is 312. The van der Waals surface area contributed by atoms with Gasteiger partial charge in [-0.3, -0.25) is 9.69 Å². The van der Waals surface area contributed by atoms with E-state index in [0.29, 0.717) is 12.8 Å². The largest absolute Gasteiger partial charge is 0.394 e. The fourth-order valence-corrected chi connectivity index (χ4v) is 2.43. The molecule has 16 heavy (non-hydrogen) atoms. The van der Waals surface area contributed by atoms with E-state index in [1.54, 1.807) is 0 Å². The third kappa shape index (κ3) is 1.68. The smallest absolute Gasteiger partial charge is 0.325 e. The highest BCUT2D eigenvalue weighted by Crippen LogP contribution is 2.34. The van der Waals surface area contributed by atoms with Gasteiger partial charge in [-0.15, -0.1) is 0 Å². The highest BCUT2D eigenvalue weighted by atomic mass is 16.3. The van der Waals surface area contributed by atoms with Crippen LogP contribution in [0.5, 0.6) is 0 Å². The molecule has 1 aliphatic heterocycles. The van der Waals surface area contributed by atoms with Crippen LogP contribution in [0.2, 0.25) is 0 Å². The van der Waals surface area contributed by atoms with Gasteiger partial charge in [0, 0.05) is 0 Å². The molecule has 0 aromatic rings. The summed E-state index contributed by atoms with van der Waals surface area (Å²) < 4.78 is 0. The number of carbonyl (C=O) groups is 2. The molecule has 0 radical (unpaired) electrons. The van der Waals surface area contributed by atoms with Gasteiger partial charge >= 0.3 is 6.03 Å². The minimum atomic E-state index is -1.06. The van der Waals surface area contributed by atoms with Crippen LogP contribution in [0.25, 0.3) is 0 Å². The van der Waals surface area contributed by atoms with Crippen molar-refractivity contribution in [3.05, 3.63) is 0 Å². The van der Waals surface area contributed by atoms with Gasteiger partial charge in [0.25, 0.3) is 5.91 Å². The van der Waals surface area contributed by atoms with Gasteiger partial charge in [0.15, 0.2) is 0 Å². The molecule has 1 saturated heterocycles. The SMILES string of the molecule is O=C1NC2(CCCC2)C(=O)N1CC(O)CO. The zero-order chi connectivity index (χ0) is 11.8. The highest BCUT2D eigenvalue weighted by molar-refractivity contribution is 6.07. The van der Waals surface area contributed by atoms with E-state index in [1.165, 1.54) is 0 Å². The third-order valence-electron chi connectivity index (χ3n) is 3.31. The maximum absolute atomic E-state index is 12.0. The molecule has 2 aliphatic rings. The Labute approximate surface area is 93.2 Å². The fraction of sp³-hybridized carbons (Fsp3) is 0.800. The van der Waals surface area contributed by atoms with Crippen molar-refractivity contribution in [2.24, 2.45) is 0 Å². The topological polar surface area (TPSA) is 89.9 Å². The molecular formula is C10H16N2O4. The summed E-state index contributed by atoms with van der Waals surface area (Å²) in [7, 11) is 0. The van der Waals surface area contributed by atoms with Crippen LogP contribution in [0, 0.1) is 0 Å². The van der Waals surface area contributed by atoms with Gasteiger partial charge in [0.05, 0.1) is 19.3 Å². The van der Waals surface area contributed by atoms with Gasteiger partial charge in [0.2, 0.25) is 0 Å². The molecule has 1 aliphatic carbocycles. The van der Waals surface area contributed by atoms with E-state index in [9.17, 15) is 14.7 Å². The number of nitrogens with zero attached hydrogens (tertiary/aromatic N) is 1. The normalized spacial score (nSPS) is 25.2. The minimum absolute atomic E-state index is 0.136. The number of amides is 3. The lowest BCUT2D eigenvalue weighted by atomic mass is 9.98. The summed E-state index contributed by atoms with van der Waals surface area (Å²) in [4.78, 5) is 24.6. The van der Waals surface area contributed by atoms with E-state index >= 15 is 0 Å². The van der Waals surface area contributed by atoms with Crippen molar-refractivity contribution >= 4 is 11.9 Å². The summed E-state index contributed by atoms with van der Waals surface area (Å²) in [6.45, 7) is -0.590. The zero-order valence-electron chi connectivity index (χ0n) is 8.98. The molecule has 0 aromatic heterocycles. The molecule has 3 N–H and O–H groups in total. The molecule has 90 valence electrons. The minimum Gasteiger partial charge on any atom is -0.394 e. The average Bonchev–Trinajstić information content (AvgIpc) is 2.81. The van der Waals surface area contributed by atoms with Crippen LogP contribution in [0.15, 0.2) is 0 Å². The lowest BCUT2D eigenvalue weighted by Gasteiger charge is -2.20. The second kappa shape index (κ2) is 4.03. The summed E-state index contributed by atoms with van der Waals surface area (Å²) in [5.74, 6) is -0.262. The zero-order valence-corrected chi connectivity index (χ0v) is 8.98. The highest BCUT2D eigenvalue weighted by Gasteiger charge is 2.52. The van der Waals surface area contributed by atoms with Crippen molar-refractivity contribution in [3.63, 3.8) is 0 Å². The number of carbonyl (C=O) groups excluding carboxylic acids is 2. The molecule has 3 amide bonds. The summed E-state index contributed by atoms with van der Waals surface area (Å²) in [5.41, 5.74) is -0.730. The summed E-state index contributed by atoms with van der Waals surface area (Å²) in [6, 6.07) is -0.459. The van der Waals surface area contributed by atoms with Crippen molar-refractivity contribution in [2.75, 3.05) is 13.2 Å². The Kier molecular flexibility index (Phi) is 2.86. The van der Waals surface area contributed by atoms with Gasteiger partial charge in [-0.25, -0.2) is 4.79 Å². The summed E-state index contributed by atoms with van der Waals surface area (Å²) >= 11 is 0. The maximum atomic E-state index is 12.0. The second-order valence-corrected chi connectivity index (χ2v) is 4.47. The van der Waals surface area contributed by atoms with Crippen molar-refractivity contribution in [3.8, 4) is 0 Å². The van der Waals surface area contributed by atoms with Gasteiger partial charge in [-0.05, 0) is 12.8 Å². The third-order valence-corrected chi connectivity index (χ3v) is 3.31. The molecule has 0 aromatic carbocycles. The lowest BCUT2D eigenvalue weighted by Crippen LogP contribution is -2.45. The number of aliphatic hydroxyl groups excluding tert-OH is 2. The summed E-state index contributed by atoms with van der Waals surface area (Å²) in [6.07, 6.45) is 2.14. The van der Waals surface area contributed by atoms with Crippen molar-refractivity contribution in [1.29, 1.82) is 0 Å². The number of aliphatic hydroxyl groups is 2. The molecular weight excluding hydrogens is 212 g/mol. The van der Waals surface area contributed by atoms with E-state index in [-0.39, 0.29) is 12.5 Å². The Morgan fingerprint density at radius 3 is 2.56 bits per heavy atom. The standard InChI is InChI=1S/C10H16N2O4/c13-6-7(14)5-12-8(15)10(11-9(12)16)3-1-2-4-10/h7,13-14H,1-6H2,(H,11,16). The van der Waals surface area contributed by atoms with Crippen LogP contribution in [0.1, 0.15) is 25.7 Å². The maximum Gasteiger partial charge on any atom is 0.325 e. The van der Waals surface area contributed by atoms with Crippen molar-refractivity contribution in [2.45, 2.75) is 37.3 Å². The van der Waals surface area contributed by atoms with Crippen molar-refractivity contribution in [1.82, 2.24) is 10.2 Å². The van der Waals surface area contributed by atoms with Gasteiger partial charge in [0.1, 0.15) is 5.54 Å². The number of imide groups is 1. The summed E-state index contributed by atoms with van der Waals surface area (Å²) in [5, 5.41) is 20.7. The second-order valence-electron chi connectivity index (χ2n) is 4.47. The first-order valence-electron chi connectivity index (χ1n) is 5.52. The van der Waals surface area contributed by atoms with E-state index in [4.69, 9.17) is 5.11 Å². The number of hydrogen-bond acceptors (Lipinski definition) is 4. The molecule has 1 saturated carbocycles. The average molecular weight is 228 g/mol. The van der Waals surface area contributed by atoms with Gasteiger partial charge in [-0.1, -0.05) is 12.8 Å². The van der Waals surface area contributed by atoms with Crippen LogP contribution >= 0.6 is 0 Å². The first-order valence-corrected chi connectivity index (χ1v) is 5.52.